The standard InChI is InChI=1S/C13H22N2/c1-4-7-13(14-6-3)11-15-9-8-12(5-2)10-15/h4,6-7,12H,1,5,8-11H2,2-3H3/b13-7-,14-6?. The third-order valence-corrected chi connectivity index (χ3v) is 2.94. The predicted molar refractivity (Wildman–Crippen MR) is 67.3 cm³/mol. The zero-order valence-corrected chi connectivity index (χ0v) is 9.95. The van der Waals surface area contributed by atoms with Gasteiger partial charge < -0.3 is 0 Å². The van der Waals surface area contributed by atoms with E-state index in [0.29, 0.717) is 0 Å². The summed E-state index contributed by atoms with van der Waals surface area (Å²) in [6, 6.07) is 0. The Hall–Kier alpha value is -0.890. The molecule has 1 aliphatic heterocycles. The number of likely N-dealkylation sites (tertiary alicyclic amines) is 1. The van der Waals surface area contributed by atoms with Crippen molar-refractivity contribution in [3.05, 3.63) is 24.4 Å². The van der Waals surface area contributed by atoms with Crippen LogP contribution in [-0.4, -0.2) is 30.7 Å². The number of nitrogens with zero attached hydrogens (tertiary/aromatic N) is 2. The van der Waals surface area contributed by atoms with Crippen LogP contribution in [0.5, 0.6) is 0 Å². The lowest BCUT2D eigenvalue weighted by Crippen LogP contribution is -2.22. The second-order valence-electron chi connectivity index (χ2n) is 4.08. The second-order valence-corrected chi connectivity index (χ2v) is 4.08. The average Bonchev–Trinajstić information content (AvgIpc) is 2.66. The SMILES string of the molecule is C=C/C=C(/CN1CCC(CC)C1)N=CC. The number of hydrogen-bond acceptors (Lipinski definition) is 2. The molecule has 0 aliphatic carbocycles. The largest absolute Gasteiger partial charge is 0.297 e. The highest BCUT2D eigenvalue weighted by molar-refractivity contribution is 5.55. The van der Waals surface area contributed by atoms with Crippen molar-refractivity contribution in [1.82, 2.24) is 4.90 Å². The van der Waals surface area contributed by atoms with E-state index in [1.165, 1.54) is 25.9 Å². The average molecular weight is 206 g/mol. The monoisotopic (exact) mass is 206 g/mol. The predicted octanol–water partition coefficient (Wildman–Crippen LogP) is 2.88. The molecule has 15 heavy (non-hydrogen) atoms. The molecule has 1 heterocycles. The van der Waals surface area contributed by atoms with Gasteiger partial charge in [0.15, 0.2) is 0 Å². The van der Waals surface area contributed by atoms with Gasteiger partial charge in [-0.15, -0.1) is 0 Å². The van der Waals surface area contributed by atoms with Gasteiger partial charge in [-0.05, 0) is 31.9 Å². The lowest BCUT2D eigenvalue weighted by Gasteiger charge is -2.15. The minimum atomic E-state index is 0.889. The van der Waals surface area contributed by atoms with E-state index in [9.17, 15) is 0 Å². The summed E-state index contributed by atoms with van der Waals surface area (Å²) in [6.45, 7) is 11.4. The summed E-state index contributed by atoms with van der Waals surface area (Å²) in [5, 5.41) is 0. The smallest absolute Gasteiger partial charge is 0.0539 e. The molecule has 0 bridgehead atoms. The van der Waals surface area contributed by atoms with Crippen LogP contribution in [0.4, 0.5) is 0 Å². The summed E-state index contributed by atoms with van der Waals surface area (Å²) in [4.78, 5) is 6.83. The molecule has 0 amide bonds. The van der Waals surface area contributed by atoms with Crippen LogP contribution < -0.4 is 0 Å². The Morgan fingerprint density at radius 1 is 1.60 bits per heavy atom. The fraction of sp³-hybridized carbons (Fsp3) is 0.615. The van der Waals surface area contributed by atoms with Crippen molar-refractivity contribution in [3.63, 3.8) is 0 Å². The Morgan fingerprint density at radius 3 is 2.93 bits per heavy atom. The van der Waals surface area contributed by atoms with Crippen LogP contribution in [-0.2, 0) is 0 Å². The summed E-state index contributed by atoms with van der Waals surface area (Å²) in [7, 11) is 0. The second kappa shape index (κ2) is 6.57. The van der Waals surface area contributed by atoms with Crippen molar-refractivity contribution in [2.45, 2.75) is 26.7 Å². The van der Waals surface area contributed by atoms with Crippen LogP contribution in [0.15, 0.2) is 29.4 Å². The van der Waals surface area contributed by atoms with Gasteiger partial charge >= 0.3 is 0 Å². The van der Waals surface area contributed by atoms with Crippen molar-refractivity contribution in [2.75, 3.05) is 19.6 Å². The van der Waals surface area contributed by atoms with Gasteiger partial charge in [-0.1, -0.05) is 26.0 Å². The summed E-state index contributed by atoms with van der Waals surface area (Å²) in [5.41, 5.74) is 1.12. The first kappa shape index (κ1) is 12.2. The fourth-order valence-electron chi connectivity index (χ4n) is 2.06. The zero-order chi connectivity index (χ0) is 11.1. The molecule has 0 aromatic carbocycles. The lowest BCUT2D eigenvalue weighted by atomic mass is 10.1. The normalized spacial score (nSPS) is 23.9. The molecular formula is C13H22N2. The van der Waals surface area contributed by atoms with E-state index in [0.717, 1.165) is 18.2 Å². The molecule has 1 saturated heterocycles. The Bertz CT molecular complexity index is 253. The van der Waals surface area contributed by atoms with Gasteiger partial charge in [-0.3, -0.25) is 9.89 Å². The van der Waals surface area contributed by atoms with Crippen molar-refractivity contribution >= 4 is 6.21 Å². The van der Waals surface area contributed by atoms with Crippen molar-refractivity contribution < 1.29 is 0 Å². The van der Waals surface area contributed by atoms with Gasteiger partial charge in [0, 0.05) is 19.3 Å². The first-order valence-corrected chi connectivity index (χ1v) is 5.82. The first-order valence-electron chi connectivity index (χ1n) is 5.82. The molecule has 0 aromatic rings. The Morgan fingerprint density at radius 2 is 2.40 bits per heavy atom. The molecule has 2 nitrogen and oxygen atoms in total. The van der Waals surface area contributed by atoms with Crippen LogP contribution in [0.2, 0.25) is 0 Å². The van der Waals surface area contributed by atoms with Gasteiger partial charge in [-0.25, -0.2) is 0 Å². The van der Waals surface area contributed by atoms with E-state index >= 15 is 0 Å². The molecule has 0 aromatic heterocycles. The molecule has 0 spiro atoms. The lowest BCUT2D eigenvalue weighted by molar-refractivity contribution is 0.348. The Labute approximate surface area is 93.4 Å². The van der Waals surface area contributed by atoms with Gasteiger partial charge in [0.2, 0.25) is 0 Å². The van der Waals surface area contributed by atoms with Crippen molar-refractivity contribution in [2.24, 2.45) is 10.9 Å². The molecule has 1 unspecified atom stereocenters. The summed E-state index contributed by atoms with van der Waals surface area (Å²) >= 11 is 0. The molecular weight excluding hydrogens is 184 g/mol. The minimum absolute atomic E-state index is 0.889. The molecule has 2 heteroatoms. The van der Waals surface area contributed by atoms with E-state index < -0.39 is 0 Å². The van der Waals surface area contributed by atoms with E-state index in [-0.39, 0.29) is 0 Å². The van der Waals surface area contributed by atoms with Crippen molar-refractivity contribution in [1.29, 1.82) is 0 Å². The van der Waals surface area contributed by atoms with Gasteiger partial charge in [0.1, 0.15) is 0 Å². The van der Waals surface area contributed by atoms with E-state index in [1.807, 2.05) is 25.3 Å². The molecule has 1 rings (SSSR count). The maximum atomic E-state index is 4.35. The molecule has 84 valence electrons. The van der Waals surface area contributed by atoms with Crippen LogP contribution in [0, 0.1) is 5.92 Å². The first-order chi connectivity index (χ1) is 7.30. The van der Waals surface area contributed by atoms with Gasteiger partial charge in [-0.2, -0.15) is 0 Å². The Balaban J connectivity index is 2.46. The highest BCUT2D eigenvalue weighted by atomic mass is 15.2. The maximum Gasteiger partial charge on any atom is 0.0539 e. The van der Waals surface area contributed by atoms with E-state index in [1.54, 1.807) is 0 Å². The third-order valence-electron chi connectivity index (χ3n) is 2.94. The van der Waals surface area contributed by atoms with Crippen LogP contribution in [0.3, 0.4) is 0 Å². The summed E-state index contributed by atoms with van der Waals surface area (Å²) in [5.74, 6) is 0.889. The number of rotatable bonds is 5. The zero-order valence-electron chi connectivity index (χ0n) is 9.95. The van der Waals surface area contributed by atoms with Gasteiger partial charge in [0.05, 0.1) is 5.70 Å². The number of allylic oxidation sites excluding steroid dienone is 2. The quantitative estimate of drug-likeness (QED) is 0.499. The molecule has 1 fully saturated rings. The molecule has 0 N–H and O–H groups in total. The minimum Gasteiger partial charge on any atom is -0.297 e. The fourth-order valence-corrected chi connectivity index (χ4v) is 2.06. The van der Waals surface area contributed by atoms with E-state index in [2.05, 4.69) is 23.4 Å². The topological polar surface area (TPSA) is 15.6 Å². The van der Waals surface area contributed by atoms with Crippen molar-refractivity contribution in [3.8, 4) is 0 Å². The molecule has 1 aliphatic rings. The third kappa shape index (κ3) is 4.00. The number of aliphatic imine (C=N–C) groups is 1. The highest BCUT2D eigenvalue weighted by Crippen LogP contribution is 2.19. The number of hydrogen-bond donors (Lipinski definition) is 0. The maximum absolute atomic E-state index is 4.35. The Kier molecular flexibility index (Phi) is 5.33. The molecule has 1 atom stereocenters. The van der Waals surface area contributed by atoms with E-state index in [4.69, 9.17) is 0 Å². The molecule has 0 saturated carbocycles. The summed E-state index contributed by atoms with van der Waals surface area (Å²) in [6.07, 6.45) is 8.31. The molecule has 0 radical (unpaired) electrons. The van der Waals surface area contributed by atoms with Crippen LogP contribution in [0.1, 0.15) is 26.7 Å². The summed E-state index contributed by atoms with van der Waals surface area (Å²) < 4.78 is 0. The highest BCUT2D eigenvalue weighted by Gasteiger charge is 2.20. The van der Waals surface area contributed by atoms with Crippen LogP contribution >= 0.6 is 0 Å². The van der Waals surface area contributed by atoms with Gasteiger partial charge in [0.25, 0.3) is 0 Å². The van der Waals surface area contributed by atoms with Crippen LogP contribution in [0.25, 0.3) is 0 Å².